The van der Waals surface area contributed by atoms with Crippen molar-refractivity contribution in [3.63, 3.8) is 0 Å². The monoisotopic (exact) mass is 694 g/mol. The summed E-state index contributed by atoms with van der Waals surface area (Å²) in [7, 11) is 0. The van der Waals surface area contributed by atoms with Gasteiger partial charge in [0.2, 0.25) is 11.8 Å². The highest BCUT2D eigenvalue weighted by molar-refractivity contribution is 5.99. The fourth-order valence-electron chi connectivity index (χ4n) is 6.22. The van der Waals surface area contributed by atoms with E-state index in [9.17, 15) is 29.4 Å². The molecule has 0 aliphatic heterocycles. The van der Waals surface area contributed by atoms with Crippen molar-refractivity contribution in [2.45, 2.75) is 143 Å². The van der Waals surface area contributed by atoms with Gasteiger partial charge in [0.05, 0.1) is 11.1 Å². The molecular weight excluding hydrogens is 632 g/mol. The van der Waals surface area contributed by atoms with Crippen LogP contribution in [0.5, 0.6) is 11.5 Å². The topological polar surface area (TPSA) is 157 Å². The van der Waals surface area contributed by atoms with Crippen molar-refractivity contribution < 1.29 is 29.4 Å². The molecule has 0 saturated heterocycles. The predicted octanol–water partition coefficient (Wildman–Crippen LogP) is 7.96. The molecule has 0 spiro atoms. The summed E-state index contributed by atoms with van der Waals surface area (Å²) in [5.74, 6) is -3.41. The van der Waals surface area contributed by atoms with E-state index < -0.39 is 35.5 Å². The van der Waals surface area contributed by atoms with E-state index in [1.807, 2.05) is 26.0 Å². The summed E-state index contributed by atoms with van der Waals surface area (Å²) in [6.45, 7) is 8.27. The molecule has 0 aliphatic rings. The van der Waals surface area contributed by atoms with Crippen LogP contribution in [0.4, 0.5) is 0 Å². The number of phenols is 2. The normalized spacial score (nSPS) is 12.2. The van der Waals surface area contributed by atoms with Gasteiger partial charge in [-0.1, -0.05) is 123 Å². The fourth-order valence-corrected chi connectivity index (χ4v) is 6.22. The third-order valence-corrected chi connectivity index (χ3v) is 9.28. The highest BCUT2D eigenvalue weighted by Crippen LogP contribution is 2.27. The maximum atomic E-state index is 13.4. The van der Waals surface area contributed by atoms with Gasteiger partial charge in [0.25, 0.3) is 11.8 Å². The van der Waals surface area contributed by atoms with Gasteiger partial charge in [0.15, 0.2) is 0 Å². The highest BCUT2D eigenvalue weighted by Gasteiger charge is 2.28. The van der Waals surface area contributed by atoms with Crippen molar-refractivity contribution in [3.05, 3.63) is 58.7 Å². The number of amides is 4. The second-order valence-electron chi connectivity index (χ2n) is 13.4. The Hall–Kier alpha value is -4.08. The maximum Gasteiger partial charge on any atom is 0.273 e. The number of phenolic OH excluding ortho intramolecular Hbond substituents is 2. The molecule has 50 heavy (non-hydrogen) atoms. The number of benzene rings is 2. The van der Waals surface area contributed by atoms with Crippen LogP contribution in [0, 0.1) is 11.8 Å². The smallest absolute Gasteiger partial charge is 0.273 e. The molecule has 10 nitrogen and oxygen atoms in total. The molecule has 0 radical (unpaired) electrons. The van der Waals surface area contributed by atoms with Crippen LogP contribution in [0.1, 0.15) is 162 Å². The summed E-state index contributed by atoms with van der Waals surface area (Å²) in [6, 6.07) is 10.1. The summed E-state index contributed by atoms with van der Waals surface area (Å²) in [6.07, 6.45) is 15.7. The molecule has 6 N–H and O–H groups in total. The molecule has 4 amide bonds. The minimum atomic E-state index is -0.620. The van der Waals surface area contributed by atoms with Gasteiger partial charge in [-0.3, -0.25) is 40.9 Å². The average molecular weight is 695 g/mol. The van der Waals surface area contributed by atoms with E-state index in [0.717, 1.165) is 64.2 Å². The molecule has 10 heteroatoms. The quantitative estimate of drug-likeness (QED) is 0.0512. The zero-order valence-corrected chi connectivity index (χ0v) is 30.9. The van der Waals surface area contributed by atoms with Crippen LogP contribution in [-0.2, 0) is 22.4 Å². The minimum Gasteiger partial charge on any atom is -0.507 e. The van der Waals surface area contributed by atoms with E-state index >= 15 is 0 Å². The number of aromatic hydroxyl groups is 2. The van der Waals surface area contributed by atoms with Gasteiger partial charge in [0.1, 0.15) is 11.5 Å². The zero-order valence-electron chi connectivity index (χ0n) is 30.9. The van der Waals surface area contributed by atoms with E-state index in [0.29, 0.717) is 43.2 Å². The summed E-state index contributed by atoms with van der Waals surface area (Å²) in [5.41, 5.74) is 11.5. The van der Waals surface area contributed by atoms with Crippen LogP contribution < -0.4 is 21.7 Å². The van der Waals surface area contributed by atoms with E-state index in [1.54, 1.807) is 12.1 Å². The molecule has 2 rings (SSSR count). The van der Waals surface area contributed by atoms with Crippen LogP contribution in [0.15, 0.2) is 36.4 Å². The number of hydrogen-bond acceptors (Lipinski definition) is 6. The summed E-state index contributed by atoms with van der Waals surface area (Å²) in [4.78, 5) is 52.6. The first kappa shape index (κ1) is 42.1. The standard InChI is InChI=1S/C40H62N4O6/c1-5-9-12-14-16-22-29-24-18-26-33(35(29)45)39(49)43-41-37(47)31(20-8-4)28-32(21-11-7-3)38(48)42-44-40(50)34-27-19-25-30(36(34)46)23-17-15-13-10-6-2/h18-19,24-27,31-32,45-46H,5-17,20-23,28H2,1-4H3,(H,41,47)(H,42,48)(H,43,49)(H,44,50). The molecule has 2 aromatic carbocycles. The van der Waals surface area contributed by atoms with Crippen LogP contribution in [0.3, 0.4) is 0 Å². The lowest BCUT2D eigenvalue weighted by atomic mass is 9.87. The lowest BCUT2D eigenvalue weighted by molar-refractivity contribution is -0.129. The molecule has 2 aromatic rings. The second-order valence-corrected chi connectivity index (χ2v) is 13.4. The van der Waals surface area contributed by atoms with Gasteiger partial charge in [-0.15, -0.1) is 0 Å². The Morgan fingerprint density at radius 2 is 0.940 bits per heavy atom. The molecule has 0 aromatic heterocycles. The van der Waals surface area contributed by atoms with Gasteiger partial charge in [-0.05, 0) is 68.2 Å². The molecule has 2 atom stereocenters. The minimum absolute atomic E-state index is 0.0820. The van der Waals surface area contributed by atoms with Crippen molar-refractivity contribution in [1.29, 1.82) is 0 Å². The number of hydrogen-bond donors (Lipinski definition) is 6. The van der Waals surface area contributed by atoms with Gasteiger partial charge in [-0.2, -0.15) is 0 Å². The molecule has 278 valence electrons. The van der Waals surface area contributed by atoms with Gasteiger partial charge >= 0.3 is 0 Å². The van der Waals surface area contributed by atoms with Gasteiger partial charge in [-0.25, -0.2) is 0 Å². The van der Waals surface area contributed by atoms with Crippen molar-refractivity contribution in [2.24, 2.45) is 11.8 Å². The number of rotatable bonds is 23. The Balaban J connectivity index is 2.01. The van der Waals surface area contributed by atoms with E-state index in [1.165, 1.54) is 25.0 Å². The highest BCUT2D eigenvalue weighted by atomic mass is 16.3. The summed E-state index contributed by atoms with van der Waals surface area (Å²) < 4.78 is 0. The number of para-hydroxylation sites is 2. The van der Waals surface area contributed by atoms with E-state index in [-0.39, 0.29) is 29.0 Å². The third kappa shape index (κ3) is 14.4. The molecule has 0 bridgehead atoms. The number of carbonyl (C=O) groups excluding carboxylic acids is 4. The van der Waals surface area contributed by atoms with E-state index in [4.69, 9.17) is 0 Å². The van der Waals surface area contributed by atoms with Crippen molar-refractivity contribution in [2.75, 3.05) is 0 Å². The van der Waals surface area contributed by atoms with Crippen molar-refractivity contribution >= 4 is 23.6 Å². The first-order valence-electron chi connectivity index (χ1n) is 19.0. The number of carbonyl (C=O) groups is 4. The largest absolute Gasteiger partial charge is 0.507 e. The summed E-state index contributed by atoms with van der Waals surface area (Å²) >= 11 is 0. The van der Waals surface area contributed by atoms with Crippen molar-refractivity contribution in [3.8, 4) is 11.5 Å². The Kier molecular flexibility index (Phi) is 20.3. The van der Waals surface area contributed by atoms with Crippen LogP contribution in [-0.4, -0.2) is 33.8 Å². The SMILES string of the molecule is CCCCCCCc1cccc(C(=O)NNC(=O)C(CCC)CC(CCCC)C(=O)NNC(=O)c2cccc(CCCCCCC)c2O)c1O. The molecular formula is C40H62N4O6. The van der Waals surface area contributed by atoms with Crippen molar-refractivity contribution in [1.82, 2.24) is 21.7 Å². The Morgan fingerprint density at radius 1 is 0.520 bits per heavy atom. The molecule has 0 heterocycles. The van der Waals surface area contributed by atoms with Gasteiger partial charge < -0.3 is 10.2 Å². The first-order valence-corrected chi connectivity index (χ1v) is 19.0. The molecule has 0 aliphatic carbocycles. The average Bonchev–Trinajstić information content (AvgIpc) is 3.11. The number of hydrazine groups is 2. The second kappa shape index (κ2) is 24.1. The fraction of sp³-hybridized carbons (Fsp3) is 0.600. The van der Waals surface area contributed by atoms with Crippen LogP contribution in [0.2, 0.25) is 0 Å². The lowest BCUT2D eigenvalue weighted by Crippen LogP contribution is -2.47. The lowest BCUT2D eigenvalue weighted by Gasteiger charge is -2.23. The Labute approximate surface area is 299 Å². The molecule has 2 unspecified atom stereocenters. The Bertz CT molecular complexity index is 1350. The molecule has 0 fully saturated rings. The van der Waals surface area contributed by atoms with Crippen LogP contribution in [0.25, 0.3) is 0 Å². The summed E-state index contributed by atoms with van der Waals surface area (Å²) in [5, 5.41) is 21.6. The maximum absolute atomic E-state index is 13.4. The third-order valence-electron chi connectivity index (χ3n) is 9.28. The zero-order chi connectivity index (χ0) is 36.7. The van der Waals surface area contributed by atoms with E-state index in [2.05, 4.69) is 35.6 Å². The van der Waals surface area contributed by atoms with Gasteiger partial charge in [0, 0.05) is 11.8 Å². The molecule has 0 saturated carbocycles. The predicted molar refractivity (Wildman–Crippen MR) is 198 cm³/mol. The Morgan fingerprint density at radius 3 is 1.36 bits per heavy atom. The number of aryl methyl sites for hydroxylation is 2. The first-order chi connectivity index (χ1) is 24.2. The number of nitrogens with one attached hydrogen (secondary N) is 4. The van der Waals surface area contributed by atoms with Crippen LogP contribution >= 0.6 is 0 Å². The number of unbranched alkanes of at least 4 members (excludes halogenated alkanes) is 9.